The van der Waals surface area contributed by atoms with Gasteiger partial charge in [-0.1, -0.05) is 37.3 Å². The minimum atomic E-state index is 0.515. The van der Waals surface area contributed by atoms with E-state index in [9.17, 15) is 0 Å². The highest BCUT2D eigenvalue weighted by molar-refractivity contribution is 7.80. The van der Waals surface area contributed by atoms with Gasteiger partial charge in [0.25, 0.3) is 0 Å². The van der Waals surface area contributed by atoms with Gasteiger partial charge in [-0.2, -0.15) is 4.37 Å². The van der Waals surface area contributed by atoms with Crippen molar-refractivity contribution in [2.24, 2.45) is 5.73 Å². The van der Waals surface area contributed by atoms with Gasteiger partial charge in [0.2, 0.25) is 5.13 Å². The molecule has 0 aliphatic rings. The van der Waals surface area contributed by atoms with E-state index in [0.717, 1.165) is 29.6 Å². The van der Waals surface area contributed by atoms with Crippen LogP contribution in [-0.4, -0.2) is 20.9 Å². The second-order valence-electron chi connectivity index (χ2n) is 4.05. The first kappa shape index (κ1) is 13.9. The van der Waals surface area contributed by atoms with E-state index >= 15 is 0 Å². The van der Waals surface area contributed by atoms with E-state index in [1.165, 1.54) is 11.5 Å². The lowest BCUT2D eigenvalue weighted by atomic mass is 10.3. The third-order valence-corrected chi connectivity index (χ3v) is 3.64. The maximum absolute atomic E-state index is 5.60. The minimum Gasteiger partial charge on any atom is -0.393 e. The van der Waals surface area contributed by atoms with Crippen LogP contribution in [0.5, 0.6) is 0 Å². The molecule has 1 heterocycles. The summed E-state index contributed by atoms with van der Waals surface area (Å²) in [5.41, 5.74) is 6.68. The van der Waals surface area contributed by atoms with Gasteiger partial charge in [0.1, 0.15) is 5.82 Å². The van der Waals surface area contributed by atoms with Crippen molar-refractivity contribution in [3.8, 4) is 0 Å². The van der Waals surface area contributed by atoms with Crippen molar-refractivity contribution in [1.29, 1.82) is 0 Å². The maximum Gasteiger partial charge on any atom is 0.209 e. The number of hydrogen-bond donors (Lipinski definition) is 1. The Balaban J connectivity index is 2.25. The Morgan fingerprint density at radius 1 is 1.37 bits per heavy atom. The Bertz CT molecular complexity index is 539. The molecule has 0 spiro atoms. The van der Waals surface area contributed by atoms with Gasteiger partial charge in [-0.3, -0.25) is 0 Å². The summed E-state index contributed by atoms with van der Waals surface area (Å²) in [6, 6.07) is 10.1. The summed E-state index contributed by atoms with van der Waals surface area (Å²) in [4.78, 5) is 7.15. The molecule has 6 heteroatoms. The largest absolute Gasteiger partial charge is 0.393 e. The number of thiocarbonyl (C=S) groups is 1. The molecule has 100 valence electrons. The van der Waals surface area contributed by atoms with Crippen LogP contribution in [0.3, 0.4) is 0 Å². The van der Waals surface area contributed by atoms with Crippen LogP contribution in [0.1, 0.15) is 19.2 Å². The number of para-hydroxylation sites is 1. The number of nitrogens with two attached hydrogens (primary N) is 1. The van der Waals surface area contributed by atoms with Crippen molar-refractivity contribution in [3.63, 3.8) is 0 Å². The molecule has 0 atom stereocenters. The summed E-state index contributed by atoms with van der Waals surface area (Å²) in [5.74, 6) is 0.872. The zero-order valence-electron chi connectivity index (χ0n) is 10.7. The number of hydrogen-bond acceptors (Lipinski definition) is 5. The van der Waals surface area contributed by atoms with Crippen LogP contribution in [0.15, 0.2) is 30.3 Å². The van der Waals surface area contributed by atoms with E-state index in [1.807, 2.05) is 37.3 Å². The van der Waals surface area contributed by atoms with Crippen molar-refractivity contribution < 1.29 is 0 Å². The first-order chi connectivity index (χ1) is 9.20. The molecule has 19 heavy (non-hydrogen) atoms. The molecule has 4 nitrogen and oxygen atoms in total. The second kappa shape index (κ2) is 6.58. The third kappa shape index (κ3) is 3.71. The maximum atomic E-state index is 5.60. The van der Waals surface area contributed by atoms with E-state index < -0.39 is 0 Å². The molecule has 0 bridgehead atoms. The van der Waals surface area contributed by atoms with Gasteiger partial charge in [0.05, 0.1) is 4.99 Å². The summed E-state index contributed by atoms with van der Waals surface area (Å²) in [5, 5.41) is 0.888. The normalized spacial score (nSPS) is 10.4. The second-order valence-corrected chi connectivity index (χ2v) is 5.30. The number of aromatic nitrogens is 2. The SMILES string of the molecule is CCc1nsc(N(CCC(N)=S)c2ccccc2)n1. The number of aryl methyl sites for hydroxylation is 1. The molecule has 2 aromatic rings. The van der Waals surface area contributed by atoms with E-state index in [-0.39, 0.29) is 0 Å². The monoisotopic (exact) mass is 292 g/mol. The van der Waals surface area contributed by atoms with Gasteiger partial charge in [0.15, 0.2) is 0 Å². The van der Waals surface area contributed by atoms with Crippen molar-refractivity contribution >= 4 is 39.6 Å². The summed E-state index contributed by atoms with van der Waals surface area (Å²) in [6.45, 7) is 2.77. The number of anilines is 2. The van der Waals surface area contributed by atoms with Crippen molar-refractivity contribution in [2.75, 3.05) is 11.4 Å². The molecular formula is C13H16N4S2. The van der Waals surface area contributed by atoms with Crippen molar-refractivity contribution in [3.05, 3.63) is 36.2 Å². The summed E-state index contributed by atoms with van der Waals surface area (Å²) in [6.07, 6.45) is 1.50. The molecule has 0 fully saturated rings. The molecule has 0 radical (unpaired) electrons. The predicted octanol–water partition coefficient (Wildman–Crippen LogP) is 2.91. The summed E-state index contributed by atoms with van der Waals surface area (Å²) >= 11 is 6.37. The zero-order chi connectivity index (χ0) is 13.7. The Kier molecular flexibility index (Phi) is 4.81. The highest BCUT2D eigenvalue weighted by Crippen LogP contribution is 2.27. The summed E-state index contributed by atoms with van der Waals surface area (Å²) in [7, 11) is 0. The number of rotatable bonds is 6. The van der Waals surface area contributed by atoms with Crippen LogP contribution in [-0.2, 0) is 6.42 Å². The van der Waals surface area contributed by atoms with Crippen LogP contribution in [0, 0.1) is 0 Å². The Morgan fingerprint density at radius 3 is 2.68 bits per heavy atom. The molecule has 0 saturated carbocycles. The Hall–Kier alpha value is -1.53. The molecule has 1 aromatic carbocycles. The third-order valence-electron chi connectivity index (χ3n) is 2.65. The average molecular weight is 292 g/mol. The summed E-state index contributed by atoms with van der Waals surface area (Å²) < 4.78 is 4.33. The minimum absolute atomic E-state index is 0.515. The highest BCUT2D eigenvalue weighted by Gasteiger charge is 2.14. The van der Waals surface area contributed by atoms with Crippen LogP contribution in [0.2, 0.25) is 0 Å². The quantitative estimate of drug-likeness (QED) is 0.830. The van der Waals surface area contributed by atoms with Gasteiger partial charge in [-0.25, -0.2) is 4.98 Å². The molecular weight excluding hydrogens is 276 g/mol. The van der Waals surface area contributed by atoms with Crippen molar-refractivity contribution in [2.45, 2.75) is 19.8 Å². The molecule has 0 saturated heterocycles. The molecule has 2 N–H and O–H groups in total. The van der Waals surface area contributed by atoms with Crippen LogP contribution in [0.4, 0.5) is 10.8 Å². The first-order valence-corrected chi connectivity index (χ1v) is 7.32. The fraction of sp³-hybridized carbons (Fsp3) is 0.308. The Morgan fingerprint density at radius 2 is 2.11 bits per heavy atom. The highest BCUT2D eigenvalue weighted by atomic mass is 32.1. The van der Waals surface area contributed by atoms with E-state index in [2.05, 4.69) is 14.3 Å². The Labute approximate surface area is 122 Å². The molecule has 2 rings (SSSR count). The van der Waals surface area contributed by atoms with Crippen LogP contribution >= 0.6 is 23.8 Å². The van der Waals surface area contributed by atoms with Gasteiger partial charge in [0, 0.05) is 36.6 Å². The van der Waals surface area contributed by atoms with E-state index in [0.29, 0.717) is 11.4 Å². The van der Waals surface area contributed by atoms with Gasteiger partial charge < -0.3 is 10.6 Å². The topological polar surface area (TPSA) is 55.0 Å². The van der Waals surface area contributed by atoms with Crippen LogP contribution < -0.4 is 10.6 Å². The molecule has 0 amide bonds. The fourth-order valence-corrected chi connectivity index (χ4v) is 2.55. The van der Waals surface area contributed by atoms with Gasteiger partial charge >= 0.3 is 0 Å². The molecule has 1 aromatic heterocycles. The molecule has 0 aliphatic carbocycles. The molecule has 0 unspecified atom stereocenters. The number of nitrogens with zero attached hydrogens (tertiary/aromatic N) is 3. The smallest absolute Gasteiger partial charge is 0.209 e. The lowest BCUT2D eigenvalue weighted by Crippen LogP contribution is -2.23. The van der Waals surface area contributed by atoms with E-state index in [1.54, 1.807) is 0 Å². The zero-order valence-corrected chi connectivity index (χ0v) is 12.4. The lowest BCUT2D eigenvalue weighted by Gasteiger charge is -2.21. The number of benzene rings is 1. The predicted molar refractivity (Wildman–Crippen MR) is 84.1 cm³/mol. The van der Waals surface area contributed by atoms with Crippen LogP contribution in [0.25, 0.3) is 0 Å². The standard InChI is InChI=1S/C13H16N4S2/c1-2-12-15-13(19-16-12)17(9-8-11(14)18)10-6-4-3-5-7-10/h3-7H,2,8-9H2,1H3,(H2,14,18). The fourth-order valence-electron chi connectivity index (χ4n) is 1.66. The van der Waals surface area contributed by atoms with Gasteiger partial charge in [-0.05, 0) is 12.1 Å². The van der Waals surface area contributed by atoms with Gasteiger partial charge in [-0.15, -0.1) is 0 Å². The lowest BCUT2D eigenvalue weighted by molar-refractivity contribution is 0.935. The van der Waals surface area contributed by atoms with E-state index in [4.69, 9.17) is 18.0 Å². The first-order valence-electron chi connectivity index (χ1n) is 6.14. The molecule has 0 aliphatic heterocycles. The average Bonchev–Trinajstić information content (AvgIpc) is 2.89. The van der Waals surface area contributed by atoms with Crippen molar-refractivity contribution in [1.82, 2.24) is 9.36 Å².